The van der Waals surface area contributed by atoms with E-state index in [9.17, 15) is 5.11 Å². The average molecular weight is 289 g/mol. The number of benzene rings is 1. The first-order chi connectivity index (χ1) is 7.43. The standard InChI is InChI=1S/C12H17BrO3/c1-7(2)6-15-16-12-8(3)5-10(13)9(4)11(12)14/h5,7,14H,6H2,1-4H3. The molecule has 0 aliphatic carbocycles. The Morgan fingerprint density at radius 3 is 2.56 bits per heavy atom. The third kappa shape index (κ3) is 3.12. The molecule has 1 rings (SSSR count). The van der Waals surface area contributed by atoms with Gasteiger partial charge in [0.05, 0.1) is 6.61 Å². The van der Waals surface area contributed by atoms with E-state index < -0.39 is 0 Å². The van der Waals surface area contributed by atoms with Crippen molar-refractivity contribution in [3.05, 3.63) is 21.7 Å². The van der Waals surface area contributed by atoms with Crippen LogP contribution in [-0.2, 0) is 4.89 Å². The Morgan fingerprint density at radius 1 is 1.38 bits per heavy atom. The van der Waals surface area contributed by atoms with Gasteiger partial charge in [-0.25, -0.2) is 0 Å². The van der Waals surface area contributed by atoms with Gasteiger partial charge in [0.1, 0.15) is 0 Å². The fourth-order valence-corrected chi connectivity index (χ4v) is 1.70. The van der Waals surface area contributed by atoms with Gasteiger partial charge in [-0.3, -0.25) is 0 Å². The van der Waals surface area contributed by atoms with Crippen LogP contribution >= 0.6 is 15.9 Å². The lowest BCUT2D eigenvalue weighted by molar-refractivity contribution is -0.215. The lowest BCUT2D eigenvalue weighted by Gasteiger charge is -2.13. The normalized spacial score (nSPS) is 10.9. The summed E-state index contributed by atoms with van der Waals surface area (Å²) in [6.45, 7) is 8.23. The summed E-state index contributed by atoms with van der Waals surface area (Å²) in [6, 6.07) is 1.89. The molecule has 0 saturated carbocycles. The molecule has 0 unspecified atom stereocenters. The maximum Gasteiger partial charge on any atom is 0.210 e. The van der Waals surface area contributed by atoms with Gasteiger partial charge in [0.15, 0.2) is 5.75 Å². The monoisotopic (exact) mass is 288 g/mol. The van der Waals surface area contributed by atoms with E-state index in [1.54, 1.807) is 0 Å². The van der Waals surface area contributed by atoms with Gasteiger partial charge < -0.3 is 9.99 Å². The van der Waals surface area contributed by atoms with Crippen molar-refractivity contribution >= 4 is 15.9 Å². The number of aryl methyl sites for hydroxylation is 1. The molecule has 4 heteroatoms. The summed E-state index contributed by atoms with van der Waals surface area (Å²) in [5.41, 5.74) is 1.58. The molecule has 0 aliphatic heterocycles. The van der Waals surface area contributed by atoms with Crippen LogP contribution in [0.1, 0.15) is 25.0 Å². The molecule has 0 atom stereocenters. The van der Waals surface area contributed by atoms with Crippen LogP contribution in [0.25, 0.3) is 0 Å². The van der Waals surface area contributed by atoms with E-state index in [0.717, 1.165) is 15.6 Å². The lowest BCUT2D eigenvalue weighted by atomic mass is 10.1. The second-order valence-electron chi connectivity index (χ2n) is 4.24. The van der Waals surface area contributed by atoms with E-state index in [0.29, 0.717) is 18.3 Å². The molecule has 1 aromatic rings. The Bertz CT molecular complexity index is 375. The molecular weight excluding hydrogens is 272 g/mol. The number of rotatable bonds is 4. The van der Waals surface area contributed by atoms with Crippen molar-refractivity contribution in [2.45, 2.75) is 27.7 Å². The maximum atomic E-state index is 9.89. The van der Waals surface area contributed by atoms with Crippen LogP contribution in [0.5, 0.6) is 11.5 Å². The van der Waals surface area contributed by atoms with Crippen molar-refractivity contribution in [2.24, 2.45) is 5.92 Å². The minimum Gasteiger partial charge on any atom is -0.504 e. The van der Waals surface area contributed by atoms with E-state index in [2.05, 4.69) is 15.9 Å². The highest BCUT2D eigenvalue weighted by Crippen LogP contribution is 2.37. The lowest BCUT2D eigenvalue weighted by Crippen LogP contribution is -2.06. The van der Waals surface area contributed by atoms with Crippen molar-refractivity contribution < 1.29 is 14.9 Å². The first kappa shape index (κ1) is 13.3. The first-order valence-electron chi connectivity index (χ1n) is 5.21. The van der Waals surface area contributed by atoms with E-state index in [1.165, 1.54) is 0 Å². The zero-order valence-corrected chi connectivity index (χ0v) is 11.6. The van der Waals surface area contributed by atoms with Crippen molar-refractivity contribution in [3.8, 4) is 11.5 Å². The van der Waals surface area contributed by atoms with Crippen LogP contribution in [0.4, 0.5) is 0 Å². The third-order valence-corrected chi connectivity index (χ3v) is 3.00. The topological polar surface area (TPSA) is 38.7 Å². The molecule has 0 bridgehead atoms. The second-order valence-corrected chi connectivity index (χ2v) is 5.09. The molecule has 16 heavy (non-hydrogen) atoms. The summed E-state index contributed by atoms with van der Waals surface area (Å²) in [5.74, 6) is 0.899. The van der Waals surface area contributed by atoms with Gasteiger partial charge in [0.2, 0.25) is 5.75 Å². The van der Waals surface area contributed by atoms with Gasteiger partial charge in [-0.1, -0.05) is 29.8 Å². The van der Waals surface area contributed by atoms with Crippen LogP contribution in [0, 0.1) is 19.8 Å². The number of hydrogen-bond acceptors (Lipinski definition) is 3. The second kappa shape index (κ2) is 5.55. The van der Waals surface area contributed by atoms with Gasteiger partial charge in [-0.05, 0) is 25.8 Å². The number of aromatic hydroxyl groups is 1. The van der Waals surface area contributed by atoms with Gasteiger partial charge in [-0.2, -0.15) is 4.89 Å². The minimum atomic E-state index is 0.121. The maximum absolute atomic E-state index is 9.89. The minimum absolute atomic E-state index is 0.121. The smallest absolute Gasteiger partial charge is 0.210 e. The predicted molar refractivity (Wildman–Crippen MR) is 66.7 cm³/mol. The molecule has 90 valence electrons. The highest BCUT2D eigenvalue weighted by molar-refractivity contribution is 9.10. The fraction of sp³-hybridized carbons (Fsp3) is 0.500. The van der Waals surface area contributed by atoms with Gasteiger partial charge >= 0.3 is 0 Å². The van der Waals surface area contributed by atoms with Crippen molar-refractivity contribution in [2.75, 3.05) is 6.61 Å². The number of halogens is 1. The largest absolute Gasteiger partial charge is 0.504 e. The van der Waals surface area contributed by atoms with Crippen LogP contribution < -0.4 is 4.89 Å². The SMILES string of the molecule is Cc1cc(Br)c(C)c(O)c1OOCC(C)C. The quantitative estimate of drug-likeness (QED) is 0.678. The van der Waals surface area contributed by atoms with E-state index >= 15 is 0 Å². The van der Waals surface area contributed by atoms with Crippen LogP contribution in [-0.4, -0.2) is 11.7 Å². The fourth-order valence-electron chi connectivity index (χ4n) is 1.17. The Morgan fingerprint density at radius 2 is 2.00 bits per heavy atom. The van der Waals surface area contributed by atoms with Crippen LogP contribution in [0.15, 0.2) is 10.5 Å². The molecule has 1 aromatic carbocycles. The Hall–Kier alpha value is -0.740. The molecule has 0 heterocycles. The molecule has 0 aromatic heterocycles. The highest BCUT2D eigenvalue weighted by Gasteiger charge is 2.13. The van der Waals surface area contributed by atoms with Gasteiger partial charge in [0, 0.05) is 15.6 Å². The summed E-state index contributed by atoms with van der Waals surface area (Å²) in [7, 11) is 0. The molecule has 1 N–H and O–H groups in total. The number of phenolic OH excluding ortho intramolecular Hbond substituents is 1. The van der Waals surface area contributed by atoms with Gasteiger partial charge in [0.25, 0.3) is 0 Å². The molecule has 3 nitrogen and oxygen atoms in total. The van der Waals surface area contributed by atoms with Crippen LogP contribution in [0.2, 0.25) is 0 Å². The van der Waals surface area contributed by atoms with Crippen molar-refractivity contribution in [1.82, 2.24) is 0 Å². The molecule has 0 spiro atoms. The summed E-state index contributed by atoms with van der Waals surface area (Å²) in [6.07, 6.45) is 0. The Kier molecular flexibility index (Phi) is 4.62. The summed E-state index contributed by atoms with van der Waals surface area (Å²) < 4.78 is 0.860. The molecule has 0 fully saturated rings. The number of hydrogen-bond donors (Lipinski definition) is 1. The average Bonchev–Trinajstić information content (AvgIpc) is 2.19. The van der Waals surface area contributed by atoms with Crippen molar-refractivity contribution in [3.63, 3.8) is 0 Å². The molecule has 0 amide bonds. The molecule has 0 aliphatic rings. The van der Waals surface area contributed by atoms with E-state index in [-0.39, 0.29) is 5.75 Å². The summed E-state index contributed by atoms with van der Waals surface area (Å²) in [4.78, 5) is 10.2. The zero-order valence-electron chi connectivity index (χ0n) is 10.0. The molecular formula is C12H17BrO3. The first-order valence-corrected chi connectivity index (χ1v) is 6.01. The van der Waals surface area contributed by atoms with E-state index in [4.69, 9.17) is 9.78 Å². The van der Waals surface area contributed by atoms with Gasteiger partial charge in [-0.15, -0.1) is 0 Å². The van der Waals surface area contributed by atoms with Crippen molar-refractivity contribution in [1.29, 1.82) is 0 Å². The molecule has 0 saturated heterocycles. The Labute approximate surface area is 104 Å². The predicted octanol–water partition coefficient (Wildman–Crippen LogP) is 3.74. The highest BCUT2D eigenvalue weighted by atomic mass is 79.9. The summed E-state index contributed by atoms with van der Waals surface area (Å²) in [5, 5.41) is 9.89. The number of phenols is 1. The van der Waals surface area contributed by atoms with Crippen LogP contribution in [0.3, 0.4) is 0 Å². The molecule has 0 radical (unpaired) electrons. The Balaban J connectivity index is 2.84. The summed E-state index contributed by atoms with van der Waals surface area (Å²) >= 11 is 3.37. The zero-order chi connectivity index (χ0) is 12.3. The third-order valence-electron chi connectivity index (χ3n) is 2.17. The van der Waals surface area contributed by atoms with E-state index in [1.807, 2.05) is 33.8 Å².